The number of nitrogens with zero attached hydrogens (tertiary/aromatic N) is 3. The van der Waals surface area contributed by atoms with Gasteiger partial charge in [-0.15, -0.1) is 24.0 Å². The number of hydrogen-bond donors (Lipinski definition) is 3. The summed E-state index contributed by atoms with van der Waals surface area (Å²) in [5, 5.41) is 10.2. The third-order valence-corrected chi connectivity index (χ3v) is 5.34. The number of likely N-dealkylation sites (tertiary alicyclic amines) is 1. The summed E-state index contributed by atoms with van der Waals surface area (Å²) in [5.41, 5.74) is 0. The van der Waals surface area contributed by atoms with Gasteiger partial charge in [0.2, 0.25) is 0 Å². The van der Waals surface area contributed by atoms with Crippen LogP contribution in [0.1, 0.15) is 50.8 Å². The van der Waals surface area contributed by atoms with E-state index in [0.29, 0.717) is 6.54 Å². The normalized spacial score (nSPS) is 15.7. The number of hydrogen-bond acceptors (Lipinski definition) is 5. The molecule has 31 heavy (non-hydrogen) atoms. The molecule has 0 radical (unpaired) electrons. The number of unbranched alkanes of at least 4 members (excludes halogenated alkanes) is 1. The number of aliphatic imine (C=N–C) groups is 1. The molecule has 8 heteroatoms. The number of rotatable bonds is 11. The van der Waals surface area contributed by atoms with Crippen LogP contribution >= 0.6 is 24.0 Å². The molecule has 1 atom stereocenters. The molecule has 0 bridgehead atoms. The van der Waals surface area contributed by atoms with Crippen LogP contribution in [-0.2, 0) is 0 Å². The topological polar surface area (TPSA) is 77.7 Å². The molecular formula is C23H37IN6O. The van der Waals surface area contributed by atoms with Gasteiger partial charge in [-0.1, -0.05) is 12.5 Å². The Kier molecular flexibility index (Phi) is 12.4. The molecule has 3 N–H and O–H groups in total. The fourth-order valence-corrected chi connectivity index (χ4v) is 3.76. The number of anilines is 1. The number of pyridine rings is 1. The van der Waals surface area contributed by atoms with E-state index in [2.05, 4.69) is 38.8 Å². The van der Waals surface area contributed by atoms with E-state index in [1.807, 2.05) is 30.5 Å². The summed E-state index contributed by atoms with van der Waals surface area (Å²) >= 11 is 0. The second-order valence-corrected chi connectivity index (χ2v) is 7.62. The van der Waals surface area contributed by atoms with E-state index in [0.717, 1.165) is 63.1 Å². The lowest BCUT2D eigenvalue weighted by Gasteiger charge is -2.32. The zero-order chi connectivity index (χ0) is 20.9. The van der Waals surface area contributed by atoms with E-state index in [-0.39, 0.29) is 30.0 Å². The van der Waals surface area contributed by atoms with Crippen LogP contribution in [0.15, 0.2) is 52.2 Å². The monoisotopic (exact) mass is 540 g/mol. The van der Waals surface area contributed by atoms with Gasteiger partial charge in [-0.2, -0.15) is 0 Å². The lowest BCUT2D eigenvalue weighted by Crippen LogP contribution is -2.40. The summed E-state index contributed by atoms with van der Waals surface area (Å²) in [4.78, 5) is 11.7. The van der Waals surface area contributed by atoms with Gasteiger partial charge in [-0.25, -0.2) is 4.98 Å². The molecule has 7 nitrogen and oxygen atoms in total. The zero-order valence-corrected chi connectivity index (χ0v) is 20.9. The third-order valence-electron chi connectivity index (χ3n) is 5.34. The van der Waals surface area contributed by atoms with Crippen molar-refractivity contribution in [2.75, 3.05) is 44.6 Å². The minimum atomic E-state index is 0. The Bertz CT molecular complexity index is 719. The molecule has 3 heterocycles. The first-order chi connectivity index (χ1) is 14.9. The first kappa shape index (κ1) is 25.5. The highest BCUT2D eigenvalue weighted by Crippen LogP contribution is 2.25. The van der Waals surface area contributed by atoms with E-state index < -0.39 is 0 Å². The Morgan fingerprint density at radius 2 is 1.94 bits per heavy atom. The highest BCUT2D eigenvalue weighted by Gasteiger charge is 2.24. The summed E-state index contributed by atoms with van der Waals surface area (Å²) in [6.07, 6.45) is 9.55. The van der Waals surface area contributed by atoms with Crippen LogP contribution in [0, 0.1) is 0 Å². The maximum absolute atomic E-state index is 5.74. The average Bonchev–Trinajstić information content (AvgIpc) is 3.32. The van der Waals surface area contributed by atoms with E-state index in [1.165, 1.54) is 19.3 Å². The summed E-state index contributed by atoms with van der Waals surface area (Å²) in [5.74, 6) is 2.82. The zero-order valence-electron chi connectivity index (χ0n) is 18.6. The van der Waals surface area contributed by atoms with E-state index in [1.54, 1.807) is 6.26 Å². The molecule has 3 rings (SSSR count). The summed E-state index contributed by atoms with van der Waals surface area (Å²) < 4.78 is 5.74. The van der Waals surface area contributed by atoms with E-state index in [9.17, 15) is 0 Å². The van der Waals surface area contributed by atoms with Gasteiger partial charge >= 0.3 is 0 Å². The quantitative estimate of drug-likeness (QED) is 0.171. The number of halogens is 1. The van der Waals surface area contributed by atoms with Crippen LogP contribution in [-0.4, -0.2) is 55.1 Å². The van der Waals surface area contributed by atoms with Crippen LogP contribution in [0.5, 0.6) is 0 Å². The van der Waals surface area contributed by atoms with Crippen LogP contribution in [0.2, 0.25) is 0 Å². The largest absolute Gasteiger partial charge is 0.468 e. The van der Waals surface area contributed by atoms with E-state index >= 15 is 0 Å². The van der Waals surface area contributed by atoms with Gasteiger partial charge in [0.05, 0.1) is 18.8 Å². The van der Waals surface area contributed by atoms with Gasteiger partial charge in [0.25, 0.3) is 0 Å². The van der Waals surface area contributed by atoms with Crippen molar-refractivity contribution in [1.82, 2.24) is 20.5 Å². The van der Waals surface area contributed by atoms with Crippen LogP contribution in [0.3, 0.4) is 0 Å². The molecule has 2 aromatic rings. The molecule has 0 spiro atoms. The molecular weight excluding hydrogens is 503 g/mol. The van der Waals surface area contributed by atoms with Crippen molar-refractivity contribution in [3.63, 3.8) is 0 Å². The maximum Gasteiger partial charge on any atom is 0.191 e. The maximum atomic E-state index is 5.74. The number of aromatic nitrogens is 1. The number of piperidine rings is 1. The van der Waals surface area contributed by atoms with Crippen LogP contribution in [0.4, 0.5) is 5.82 Å². The SMILES string of the molecule is CCNC(=NCC(c1ccco1)N1CCCCC1)NCCCCNc1ccccn1.I. The fourth-order valence-electron chi connectivity index (χ4n) is 3.76. The van der Waals surface area contributed by atoms with Gasteiger partial charge in [0, 0.05) is 25.8 Å². The minimum absolute atomic E-state index is 0. The highest BCUT2D eigenvalue weighted by atomic mass is 127. The predicted octanol–water partition coefficient (Wildman–Crippen LogP) is 4.27. The number of guanidine groups is 1. The molecule has 2 aromatic heterocycles. The molecule has 0 aliphatic carbocycles. The van der Waals surface area contributed by atoms with Gasteiger partial charge in [0.1, 0.15) is 11.6 Å². The Hall–Kier alpha value is -1.81. The lowest BCUT2D eigenvalue weighted by molar-refractivity contribution is 0.150. The Morgan fingerprint density at radius 1 is 1.10 bits per heavy atom. The van der Waals surface area contributed by atoms with Crippen LogP contribution < -0.4 is 16.0 Å². The predicted molar refractivity (Wildman–Crippen MR) is 138 cm³/mol. The number of nitrogens with one attached hydrogen (secondary N) is 3. The van der Waals surface area contributed by atoms with Crippen molar-refractivity contribution in [3.8, 4) is 0 Å². The molecule has 1 unspecified atom stereocenters. The van der Waals surface area contributed by atoms with Crippen molar-refractivity contribution in [2.45, 2.75) is 45.1 Å². The Morgan fingerprint density at radius 3 is 2.65 bits per heavy atom. The van der Waals surface area contributed by atoms with Gasteiger partial charge in [0.15, 0.2) is 5.96 Å². The molecule has 0 amide bonds. The van der Waals surface area contributed by atoms with Crippen molar-refractivity contribution >= 4 is 35.8 Å². The van der Waals surface area contributed by atoms with Crippen LogP contribution in [0.25, 0.3) is 0 Å². The first-order valence-electron chi connectivity index (χ1n) is 11.3. The molecule has 1 aliphatic rings. The standard InChI is InChI=1S/C23H36N6O.HI/c1-2-24-23(27-15-7-6-14-26-22-12-4-5-13-25-22)28-19-20(21-11-10-18-30-21)29-16-8-3-9-17-29;/h4-5,10-13,18,20H,2-3,6-9,14-17,19H2,1H3,(H,25,26)(H2,24,27,28);1H. The lowest BCUT2D eigenvalue weighted by atomic mass is 10.1. The highest BCUT2D eigenvalue weighted by molar-refractivity contribution is 14.0. The smallest absolute Gasteiger partial charge is 0.191 e. The Balaban J connectivity index is 0.00000341. The van der Waals surface area contributed by atoms with Gasteiger partial charge < -0.3 is 20.4 Å². The van der Waals surface area contributed by atoms with Gasteiger partial charge in [-0.3, -0.25) is 9.89 Å². The average molecular weight is 540 g/mol. The molecule has 0 aromatic carbocycles. The molecule has 0 saturated carbocycles. The molecule has 1 saturated heterocycles. The third kappa shape index (κ3) is 9.06. The molecule has 1 fully saturated rings. The number of furan rings is 1. The molecule has 172 valence electrons. The Labute approximate surface area is 203 Å². The summed E-state index contributed by atoms with van der Waals surface area (Å²) in [6, 6.07) is 10.2. The van der Waals surface area contributed by atoms with Crippen molar-refractivity contribution in [3.05, 3.63) is 48.6 Å². The summed E-state index contributed by atoms with van der Waals surface area (Å²) in [7, 11) is 0. The summed E-state index contributed by atoms with van der Waals surface area (Å²) in [6.45, 7) is 7.70. The van der Waals surface area contributed by atoms with Crippen molar-refractivity contribution in [1.29, 1.82) is 0 Å². The van der Waals surface area contributed by atoms with Crippen molar-refractivity contribution < 1.29 is 4.42 Å². The first-order valence-corrected chi connectivity index (χ1v) is 11.3. The second kappa shape index (κ2) is 15.1. The van der Waals surface area contributed by atoms with Crippen molar-refractivity contribution in [2.24, 2.45) is 4.99 Å². The second-order valence-electron chi connectivity index (χ2n) is 7.62. The van der Waals surface area contributed by atoms with Gasteiger partial charge in [-0.05, 0) is 70.0 Å². The minimum Gasteiger partial charge on any atom is -0.468 e. The molecule has 1 aliphatic heterocycles. The van der Waals surface area contributed by atoms with E-state index in [4.69, 9.17) is 9.41 Å². The fraction of sp³-hybridized carbons (Fsp3) is 0.565.